The van der Waals surface area contributed by atoms with Crippen LogP contribution in [0.3, 0.4) is 0 Å². The number of likely N-dealkylation sites (tertiary alicyclic amines) is 1. The molecule has 2 atom stereocenters. The van der Waals surface area contributed by atoms with Crippen molar-refractivity contribution in [2.45, 2.75) is 39.2 Å². The van der Waals surface area contributed by atoms with Gasteiger partial charge in [0.2, 0.25) is 0 Å². The van der Waals surface area contributed by atoms with E-state index in [9.17, 15) is 0 Å². The average Bonchev–Trinajstić information content (AvgIpc) is 2.38. The van der Waals surface area contributed by atoms with Gasteiger partial charge in [0.05, 0.1) is 13.2 Å². The normalized spacial score (nSPS) is 32.8. The van der Waals surface area contributed by atoms with E-state index in [-0.39, 0.29) is 0 Å². The van der Waals surface area contributed by atoms with Crippen LogP contribution in [-0.2, 0) is 4.74 Å². The summed E-state index contributed by atoms with van der Waals surface area (Å²) in [4.78, 5) is 5.25. The number of rotatable bonds is 4. The molecule has 2 rings (SSSR count). The Morgan fingerprint density at radius 3 is 2.88 bits per heavy atom. The lowest BCUT2D eigenvalue weighted by molar-refractivity contribution is -0.00570. The Balaban J connectivity index is 1.69. The largest absolute Gasteiger partial charge is 0.379 e. The number of piperidine rings is 1. The zero-order valence-corrected chi connectivity index (χ0v) is 11.5. The van der Waals surface area contributed by atoms with E-state index < -0.39 is 0 Å². The molecule has 2 aliphatic heterocycles. The first-order chi connectivity index (χ1) is 8.29. The molecule has 0 aromatic heterocycles. The summed E-state index contributed by atoms with van der Waals surface area (Å²) < 4.78 is 5.48. The molecule has 17 heavy (non-hydrogen) atoms. The van der Waals surface area contributed by atoms with Gasteiger partial charge in [0.15, 0.2) is 0 Å². The van der Waals surface area contributed by atoms with Crippen molar-refractivity contribution in [3.05, 3.63) is 0 Å². The van der Waals surface area contributed by atoms with Gasteiger partial charge in [-0.2, -0.15) is 0 Å². The number of ether oxygens (including phenoxy) is 1. The monoisotopic (exact) mass is 240 g/mol. The van der Waals surface area contributed by atoms with Crippen molar-refractivity contribution in [1.82, 2.24) is 9.80 Å². The van der Waals surface area contributed by atoms with Gasteiger partial charge >= 0.3 is 0 Å². The van der Waals surface area contributed by atoms with E-state index in [0.29, 0.717) is 6.04 Å². The number of nitrogens with zero attached hydrogens (tertiary/aromatic N) is 2. The van der Waals surface area contributed by atoms with Crippen LogP contribution in [0.2, 0.25) is 0 Å². The third-order valence-electron chi connectivity index (χ3n) is 4.39. The fourth-order valence-electron chi connectivity index (χ4n) is 3.05. The molecule has 0 radical (unpaired) electrons. The second-order valence-corrected chi connectivity index (χ2v) is 5.68. The molecule has 2 saturated heterocycles. The SMILES string of the molecule is CC[C@H]1CCCN(CCN2CCOCC2C)C1. The van der Waals surface area contributed by atoms with E-state index in [1.165, 1.54) is 45.4 Å². The number of hydrogen-bond donors (Lipinski definition) is 0. The molecule has 0 aromatic carbocycles. The highest BCUT2D eigenvalue weighted by Gasteiger charge is 2.21. The highest BCUT2D eigenvalue weighted by atomic mass is 16.5. The summed E-state index contributed by atoms with van der Waals surface area (Å²) in [5, 5.41) is 0. The molecule has 100 valence electrons. The maximum Gasteiger partial charge on any atom is 0.0619 e. The van der Waals surface area contributed by atoms with E-state index in [0.717, 1.165) is 25.7 Å². The van der Waals surface area contributed by atoms with Crippen molar-refractivity contribution in [3.8, 4) is 0 Å². The van der Waals surface area contributed by atoms with Crippen LogP contribution in [0.4, 0.5) is 0 Å². The van der Waals surface area contributed by atoms with Gasteiger partial charge < -0.3 is 9.64 Å². The minimum Gasteiger partial charge on any atom is -0.379 e. The first-order valence-corrected chi connectivity index (χ1v) is 7.33. The van der Waals surface area contributed by atoms with Crippen molar-refractivity contribution in [1.29, 1.82) is 0 Å². The van der Waals surface area contributed by atoms with E-state index in [4.69, 9.17) is 4.74 Å². The lowest BCUT2D eigenvalue weighted by atomic mass is 9.96. The van der Waals surface area contributed by atoms with Gasteiger partial charge in [-0.1, -0.05) is 13.3 Å². The van der Waals surface area contributed by atoms with Crippen LogP contribution in [-0.4, -0.2) is 61.8 Å². The molecule has 1 unspecified atom stereocenters. The molecule has 0 amide bonds. The molecule has 0 aromatic rings. The van der Waals surface area contributed by atoms with Crippen LogP contribution in [0.5, 0.6) is 0 Å². The molecule has 0 bridgehead atoms. The molecule has 0 N–H and O–H groups in total. The third kappa shape index (κ3) is 3.94. The van der Waals surface area contributed by atoms with E-state index in [1.807, 2.05) is 0 Å². The zero-order valence-electron chi connectivity index (χ0n) is 11.5. The van der Waals surface area contributed by atoms with Gasteiger partial charge in [-0.05, 0) is 32.2 Å². The molecular formula is C14H28N2O. The Bertz CT molecular complexity index is 222. The molecule has 2 aliphatic rings. The fraction of sp³-hybridized carbons (Fsp3) is 1.00. The summed E-state index contributed by atoms with van der Waals surface area (Å²) in [6.07, 6.45) is 4.20. The predicted octanol–water partition coefficient (Wildman–Crippen LogP) is 1.83. The topological polar surface area (TPSA) is 15.7 Å². The molecule has 0 spiro atoms. The van der Waals surface area contributed by atoms with Gasteiger partial charge in [-0.15, -0.1) is 0 Å². The minimum atomic E-state index is 0.607. The van der Waals surface area contributed by atoms with Crippen molar-refractivity contribution in [2.24, 2.45) is 5.92 Å². The lowest BCUT2D eigenvalue weighted by Gasteiger charge is -2.37. The van der Waals surface area contributed by atoms with Gasteiger partial charge in [-0.25, -0.2) is 0 Å². The van der Waals surface area contributed by atoms with Crippen LogP contribution in [0.15, 0.2) is 0 Å². The van der Waals surface area contributed by atoms with E-state index >= 15 is 0 Å². The molecule has 3 nitrogen and oxygen atoms in total. The minimum absolute atomic E-state index is 0.607. The standard InChI is InChI=1S/C14H28N2O/c1-3-14-5-4-6-15(11-14)7-8-16-9-10-17-12-13(16)2/h13-14H,3-12H2,1-2H3/t13?,14-/m0/s1. The molecule has 0 aliphatic carbocycles. The summed E-state index contributed by atoms with van der Waals surface area (Å²) in [5.41, 5.74) is 0. The Morgan fingerprint density at radius 2 is 2.12 bits per heavy atom. The summed E-state index contributed by atoms with van der Waals surface area (Å²) >= 11 is 0. The lowest BCUT2D eigenvalue weighted by Crippen LogP contribution is -2.48. The van der Waals surface area contributed by atoms with E-state index in [2.05, 4.69) is 23.6 Å². The Labute approximate surface area is 106 Å². The predicted molar refractivity (Wildman–Crippen MR) is 71.3 cm³/mol. The van der Waals surface area contributed by atoms with Gasteiger partial charge in [0.1, 0.15) is 0 Å². The van der Waals surface area contributed by atoms with Crippen LogP contribution in [0.1, 0.15) is 33.1 Å². The van der Waals surface area contributed by atoms with Crippen LogP contribution < -0.4 is 0 Å². The number of hydrogen-bond acceptors (Lipinski definition) is 3. The summed E-state index contributed by atoms with van der Waals surface area (Å²) in [7, 11) is 0. The van der Waals surface area contributed by atoms with Gasteiger partial charge in [-0.3, -0.25) is 4.90 Å². The van der Waals surface area contributed by atoms with Crippen molar-refractivity contribution in [3.63, 3.8) is 0 Å². The highest BCUT2D eigenvalue weighted by Crippen LogP contribution is 2.19. The second kappa shape index (κ2) is 6.72. The van der Waals surface area contributed by atoms with Crippen LogP contribution in [0.25, 0.3) is 0 Å². The van der Waals surface area contributed by atoms with Crippen molar-refractivity contribution in [2.75, 3.05) is 45.9 Å². The second-order valence-electron chi connectivity index (χ2n) is 5.68. The molecule has 2 fully saturated rings. The van der Waals surface area contributed by atoms with E-state index in [1.54, 1.807) is 0 Å². The van der Waals surface area contributed by atoms with Crippen molar-refractivity contribution >= 4 is 0 Å². The van der Waals surface area contributed by atoms with Gasteiger partial charge in [0, 0.05) is 32.2 Å². The first-order valence-electron chi connectivity index (χ1n) is 7.33. The maximum absolute atomic E-state index is 5.48. The highest BCUT2D eigenvalue weighted by molar-refractivity contribution is 4.76. The number of morpholine rings is 1. The zero-order chi connectivity index (χ0) is 12.1. The van der Waals surface area contributed by atoms with Gasteiger partial charge in [0.25, 0.3) is 0 Å². The molecule has 2 heterocycles. The summed E-state index contributed by atoms with van der Waals surface area (Å²) in [5.74, 6) is 0.950. The molecular weight excluding hydrogens is 212 g/mol. The molecule has 0 saturated carbocycles. The fourth-order valence-corrected chi connectivity index (χ4v) is 3.05. The Hall–Kier alpha value is -0.120. The van der Waals surface area contributed by atoms with Crippen LogP contribution in [0, 0.1) is 5.92 Å². The quantitative estimate of drug-likeness (QED) is 0.745. The summed E-state index contributed by atoms with van der Waals surface area (Å²) in [6.45, 7) is 12.7. The van der Waals surface area contributed by atoms with Crippen LogP contribution >= 0.6 is 0 Å². The smallest absolute Gasteiger partial charge is 0.0619 e. The Kier molecular flexibility index (Phi) is 5.26. The first kappa shape index (κ1) is 13.3. The Morgan fingerprint density at radius 1 is 1.24 bits per heavy atom. The van der Waals surface area contributed by atoms with Crippen molar-refractivity contribution < 1.29 is 4.74 Å². The summed E-state index contributed by atoms with van der Waals surface area (Å²) in [6, 6.07) is 0.607. The molecule has 3 heteroatoms. The third-order valence-corrected chi connectivity index (χ3v) is 4.39. The maximum atomic E-state index is 5.48. The average molecular weight is 240 g/mol.